The second-order valence-corrected chi connectivity index (χ2v) is 6.47. The highest BCUT2D eigenvalue weighted by atomic mass is 16.2. The summed E-state index contributed by atoms with van der Waals surface area (Å²) in [6.07, 6.45) is 1.75. The lowest BCUT2D eigenvalue weighted by Crippen LogP contribution is -2.54. The van der Waals surface area contributed by atoms with Gasteiger partial charge < -0.3 is 10.6 Å². The third kappa shape index (κ3) is 5.99. The van der Waals surface area contributed by atoms with Crippen molar-refractivity contribution in [2.75, 3.05) is 0 Å². The Kier molecular flexibility index (Phi) is 6.13. The van der Waals surface area contributed by atoms with E-state index in [1.807, 2.05) is 27.7 Å². The van der Waals surface area contributed by atoms with Crippen LogP contribution in [0.5, 0.6) is 0 Å². The van der Waals surface area contributed by atoms with Crippen LogP contribution in [0.3, 0.4) is 0 Å². The van der Waals surface area contributed by atoms with Gasteiger partial charge in [-0.3, -0.25) is 14.4 Å². The molecular formula is C15H26N2O3. The van der Waals surface area contributed by atoms with Gasteiger partial charge in [-0.1, -0.05) is 20.4 Å². The lowest BCUT2D eigenvalue weighted by atomic mass is 9.73. The molecule has 20 heavy (non-hydrogen) atoms. The number of carbonyl (C=O) groups is 3. The molecular weight excluding hydrogens is 256 g/mol. The van der Waals surface area contributed by atoms with Crippen molar-refractivity contribution in [3.05, 3.63) is 12.7 Å². The standard InChI is InChI=1S/C15H26N2O3/c1-8-12(20)13(16-10(2)18)14(4,5)9-15(6,7)17-11(3)19/h8,13H,1,9H2,2-7H3,(H,16,18)(H,17,19). The molecule has 0 aromatic rings. The topological polar surface area (TPSA) is 75.3 Å². The van der Waals surface area contributed by atoms with Gasteiger partial charge in [0.2, 0.25) is 11.8 Å². The van der Waals surface area contributed by atoms with Crippen LogP contribution >= 0.6 is 0 Å². The zero-order chi connectivity index (χ0) is 16.1. The van der Waals surface area contributed by atoms with Crippen molar-refractivity contribution in [2.45, 2.75) is 59.5 Å². The van der Waals surface area contributed by atoms with Gasteiger partial charge in [0.15, 0.2) is 5.78 Å². The van der Waals surface area contributed by atoms with E-state index in [2.05, 4.69) is 17.2 Å². The van der Waals surface area contributed by atoms with E-state index < -0.39 is 17.0 Å². The highest BCUT2D eigenvalue weighted by Crippen LogP contribution is 2.32. The van der Waals surface area contributed by atoms with E-state index in [-0.39, 0.29) is 17.6 Å². The first-order valence-corrected chi connectivity index (χ1v) is 6.63. The first kappa shape index (κ1) is 18.4. The number of rotatable bonds is 7. The van der Waals surface area contributed by atoms with Gasteiger partial charge in [0, 0.05) is 19.4 Å². The molecule has 5 heteroatoms. The highest BCUT2D eigenvalue weighted by Gasteiger charge is 2.39. The monoisotopic (exact) mass is 282 g/mol. The van der Waals surface area contributed by atoms with Crippen molar-refractivity contribution < 1.29 is 14.4 Å². The quantitative estimate of drug-likeness (QED) is 0.696. The van der Waals surface area contributed by atoms with Crippen LogP contribution in [0.2, 0.25) is 0 Å². The number of amides is 2. The minimum Gasteiger partial charge on any atom is -0.351 e. The van der Waals surface area contributed by atoms with E-state index in [0.717, 1.165) is 0 Å². The molecule has 1 unspecified atom stereocenters. The van der Waals surface area contributed by atoms with Crippen LogP contribution in [-0.4, -0.2) is 29.2 Å². The second kappa shape index (κ2) is 6.68. The normalized spacial score (nSPS) is 13.3. The van der Waals surface area contributed by atoms with Gasteiger partial charge in [-0.2, -0.15) is 0 Å². The Morgan fingerprint density at radius 3 is 1.95 bits per heavy atom. The molecule has 0 bridgehead atoms. The fourth-order valence-electron chi connectivity index (χ4n) is 2.73. The maximum atomic E-state index is 12.0. The van der Waals surface area contributed by atoms with Crippen LogP contribution in [0.15, 0.2) is 12.7 Å². The molecule has 1 atom stereocenters. The second-order valence-electron chi connectivity index (χ2n) is 6.47. The maximum Gasteiger partial charge on any atom is 0.217 e. The Labute approximate surface area is 121 Å². The average Bonchev–Trinajstić information content (AvgIpc) is 2.20. The van der Waals surface area contributed by atoms with Crippen molar-refractivity contribution in [1.82, 2.24) is 10.6 Å². The molecule has 0 aromatic carbocycles. The molecule has 0 aliphatic carbocycles. The zero-order valence-electron chi connectivity index (χ0n) is 13.3. The number of ketones is 1. The van der Waals surface area contributed by atoms with Crippen molar-refractivity contribution in [3.8, 4) is 0 Å². The molecule has 0 rings (SSSR count). The van der Waals surface area contributed by atoms with E-state index in [0.29, 0.717) is 6.42 Å². The Morgan fingerprint density at radius 2 is 1.60 bits per heavy atom. The molecule has 5 nitrogen and oxygen atoms in total. The largest absolute Gasteiger partial charge is 0.351 e. The van der Waals surface area contributed by atoms with E-state index >= 15 is 0 Å². The highest BCUT2D eigenvalue weighted by molar-refractivity contribution is 5.96. The van der Waals surface area contributed by atoms with Gasteiger partial charge in [-0.05, 0) is 31.8 Å². The van der Waals surface area contributed by atoms with Crippen LogP contribution in [-0.2, 0) is 14.4 Å². The Hall–Kier alpha value is -1.65. The summed E-state index contributed by atoms with van der Waals surface area (Å²) in [6, 6.07) is -0.662. The molecule has 0 radical (unpaired) electrons. The lowest BCUT2D eigenvalue weighted by molar-refractivity contribution is -0.127. The molecule has 0 aliphatic rings. The number of carbonyl (C=O) groups excluding carboxylic acids is 3. The van der Waals surface area contributed by atoms with Gasteiger partial charge in [0.25, 0.3) is 0 Å². The van der Waals surface area contributed by atoms with E-state index in [1.165, 1.54) is 19.9 Å². The lowest BCUT2D eigenvalue weighted by Gasteiger charge is -2.39. The molecule has 0 fully saturated rings. The summed E-state index contributed by atoms with van der Waals surface area (Å²) in [5.74, 6) is -0.628. The Balaban J connectivity index is 5.21. The Bertz CT molecular complexity index is 411. The first-order valence-electron chi connectivity index (χ1n) is 6.63. The number of hydrogen-bond donors (Lipinski definition) is 2. The molecule has 0 aromatic heterocycles. The zero-order valence-corrected chi connectivity index (χ0v) is 13.3. The molecule has 0 spiro atoms. The van der Waals surface area contributed by atoms with Gasteiger partial charge in [-0.25, -0.2) is 0 Å². The summed E-state index contributed by atoms with van der Waals surface area (Å²) in [7, 11) is 0. The molecule has 0 saturated heterocycles. The minimum atomic E-state index is -0.662. The molecule has 2 N–H and O–H groups in total. The van der Waals surface area contributed by atoms with Crippen LogP contribution in [0.25, 0.3) is 0 Å². The van der Waals surface area contributed by atoms with Gasteiger partial charge in [0.1, 0.15) is 0 Å². The fraction of sp³-hybridized carbons (Fsp3) is 0.667. The molecule has 0 heterocycles. The van der Waals surface area contributed by atoms with Crippen LogP contribution in [0.4, 0.5) is 0 Å². The molecule has 0 aliphatic heterocycles. The molecule has 114 valence electrons. The smallest absolute Gasteiger partial charge is 0.217 e. The summed E-state index contributed by atoms with van der Waals surface area (Å²) >= 11 is 0. The summed E-state index contributed by atoms with van der Waals surface area (Å²) in [4.78, 5) is 34.5. The summed E-state index contributed by atoms with van der Waals surface area (Å²) in [5.41, 5.74) is -1.00. The van der Waals surface area contributed by atoms with Gasteiger partial charge in [-0.15, -0.1) is 0 Å². The summed E-state index contributed by atoms with van der Waals surface area (Å²) in [6.45, 7) is 13.9. The van der Waals surface area contributed by atoms with Crippen LogP contribution in [0.1, 0.15) is 48.0 Å². The molecule has 2 amide bonds. The predicted molar refractivity (Wildman–Crippen MR) is 79.1 cm³/mol. The summed E-state index contributed by atoms with van der Waals surface area (Å²) < 4.78 is 0. The van der Waals surface area contributed by atoms with Crippen LogP contribution < -0.4 is 10.6 Å². The van der Waals surface area contributed by atoms with Crippen molar-refractivity contribution in [3.63, 3.8) is 0 Å². The van der Waals surface area contributed by atoms with Gasteiger partial charge in [0.05, 0.1) is 6.04 Å². The van der Waals surface area contributed by atoms with E-state index in [9.17, 15) is 14.4 Å². The minimum absolute atomic E-state index is 0.128. The van der Waals surface area contributed by atoms with E-state index in [4.69, 9.17) is 0 Å². The summed E-state index contributed by atoms with van der Waals surface area (Å²) in [5, 5.41) is 5.53. The fourth-order valence-corrected chi connectivity index (χ4v) is 2.73. The number of hydrogen-bond acceptors (Lipinski definition) is 3. The third-order valence-corrected chi connectivity index (χ3v) is 3.03. The van der Waals surface area contributed by atoms with Crippen molar-refractivity contribution >= 4 is 17.6 Å². The molecule has 0 saturated carbocycles. The maximum absolute atomic E-state index is 12.0. The van der Waals surface area contributed by atoms with Crippen molar-refractivity contribution in [2.24, 2.45) is 5.41 Å². The first-order chi connectivity index (χ1) is 8.91. The van der Waals surface area contributed by atoms with E-state index in [1.54, 1.807) is 0 Å². The Morgan fingerprint density at radius 1 is 1.10 bits per heavy atom. The average molecular weight is 282 g/mol. The van der Waals surface area contributed by atoms with Gasteiger partial charge >= 0.3 is 0 Å². The van der Waals surface area contributed by atoms with Crippen molar-refractivity contribution in [1.29, 1.82) is 0 Å². The predicted octanol–water partition coefficient (Wildman–Crippen LogP) is 1.58. The van der Waals surface area contributed by atoms with Crippen LogP contribution in [0, 0.1) is 5.41 Å². The number of nitrogens with one attached hydrogen (secondary N) is 2. The third-order valence-electron chi connectivity index (χ3n) is 3.03. The SMILES string of the molecule is C=CC(=O)C(NC(C)=O)C(C)(C)CC(C)(C)NC(C)=O.